The number of anilines is 1. The zero-order chi connectivity index (χ0) is 19.0. The highest BCUT2D eigenvalue weighted by Crippen LogP contribution is 2.31. The molecule has 1 atom stereocenters. The number of amides is 2. The van der Waals surface area contributed by atoms with Crippen molar-refractivity contribution in [3.05, 3.63) is 57.8 Å². The average Bonchev–Trinajstić information content (AvgIpc) is 3.07. The highest BCUT2D eigenvalue weighted by Gasteiger charge is 2.30. The number of hydrogen-bond acceptors (Lipinski definition) is 5. The zero-order valence-corrected chi connectivity index (χ0v) is 15.3. The lowest BCUT2D eigenvalue weighted by Crippen LogP contribution is -2.41. The Hall–Kier alpha value is -3.09. The van der Waals surface area contributed by atoms with E-state index in [1.165, 1.54) is 6.07 Å². The summed E-state index contributed by atoms with van der Waals surface area (Å²) in [5.41, 5.74) is 2.27. The molecule has 7 nitrogen and oxygen atoms in total. The largest absolute Gasteiger partial charge is 0.423 e. The van der Waals surface area contributed by atoms with Crippen LogP contribution in [0, 0.1) is 13.8 Å². The first-order valence-electron chi connectivity index (χ1n) is 9.06. The molecule has 3 aromatic rings. The van der Waals surface area contributed by atoms with Crippen LogP contribution in [0.25, 0.3) is 11.0 Å². The maximum atomic E-state index is 12.9. The van der Waals surface area contributed by atoms with Gasteiger partial charge >= 0.3 is 11.7 Å². The molecule has 2 amide bonds. The van der Waals surface area contributed by atoms with Crippen LogP contribution in [-0.2, 0) is 0 Å². The fourth-order valence-electron chi connectivity index (χ4n) is 3.62. The van der Waals surface area contributed by atoms with E-state index < -0.39 is 5.63 Å². The van der Waals surface area contributed by atoms with Crippen molar-refractivity contribution in [2.75, 3.05) is 11.9 Å². The summed E-state index contributed by atoms with van der Waals surface area (Å²) in [5.74, 6) is 0.732. The number of urea groups is 1. The third-order valence-electron chi connectivity index (χ3n) is 4.95. The Morgan fingerprint density at radius 1 is 1.22 bits per heavy atom. The van der Waals surface area contributed by atoms with Crippen molar-refractivity contribution in [2.45, 2.75) is 39.2 Å². The summed E-state index contributed by atoms with van der Waals surface area (Å²) < 4.78 is 10.4. The number of aromatic nitrogens is 1. The molecule has 4 rings (SSSR count). The standard InChI is InChI=1S/C20H21N3O4/c1-12-9-19(24)26-18-11-14(6-7-15(12)18)21-20(25)23-8-4-3-5-17(23)16-10-13(2)27-22-16/h6-7,9-11,17H,3-5,8H2,1-2H3,(H,21,25)/t17-/m1/s1. The van der Waals surface area contributed by atoms with Crippen molar-refractivity contribution < 1.29 is 13.7 Å². The Labute approximate surface area is 155 Å². The quantitative estimate of drug-likeness (QED) is 0.687. The molecule has 1 fully saturated rings. The van der Waals surface area contributed by atoms with Crippen molar-refractivity contribution >= 4 is 22.7 Å². The van der Waals surface area contributed by atoms with E-state index in [0.29, 0.717) is 17.8 Å². The highest BCUT2D eigenvalue weighted by molar-refractivity contribution is 5.92. The molecule has 1 aliphatic rings. The maximum Gasteiger partial charge on any atom is 0.336 e. The predicted molar refractivity (Wildman–Crippen MR) is 101 cm³/mol. The van der Waals surface area contributed by atoms with Gasteiger partial charge in [-0.3, -0.25) is 0 Å². The fourth-order valence-corrected chi connectivity index (χ4v) is 3.62. The van der Waals surface area contributed by atoms with Gasteiger partial charge in [-0.05, 0) is 50.8 Å². The van der Waals surface area contributed by atoms with Gasteiger partial charge in [0.05, 0.1) is 6.04 Å². The van der Waals surface area contributed by atoms with Crippen molar-refractivity contribution in [1.82, 2.24) is 10.1 Å². The Bertz CT molecular complexity index is 1050. The van der Waals surface area contributed by atoms with Gasteiger partial charge < -0.3 is 19.2 Å². The number of piperidine rings is 1. The summed E-state index contributed by atoms with van der Waals surface area (Å²) in [7, 11) is 0. The summed E-state index contributed by atoms with van der Waals surface area (Å²) >= 11 is 0. The topological polar surface area (TPSA) is 88.6 Å². The fraction of sp³-hybridized carbons (Fsp3) is 0.350. The second kappa shape index (κ2) is 6.90. The molecule has 3 heterocycles. The molecular formula is C20H21N3O4. The number of carbonyl (C=O) groups is 1. The van der Waals surface area contributed by atoms with Gasteiger partial charge in [0.2, 0.25) is 0 Å². The molecule has 1 saturated heterocycles. The number of nitrogens with one attached hydrogen (secondary N) is 1. The Morgan fingerprint density at radius 3 is 2.85 bits per heavy atom. The molecule has 1 aliphatic heterocycles. The Kier molecular flexibility index (Phi) is 4.43. The van der Waals surface area contributed by atoms with E-state index in [9.17, 15) is 9.59 Å². The minimum absolute atomic E-state index is 0.100. The molecule has 2 aromatic heterocycles. The van der Waals surface area contributed by atoms with Crippen LogP contribution in [0.15, 0.2) is 44.1 Å². The number of benzene rings is 1. The molecular weight excluding hydrogens is 346 g/mol. The number of likely N-dealkylation sites (tertiary alicyclic amines) is 1. The molecule has 1 N–H and O–H groups in total. The Balaban J connectivity index is 1.58. The molecule has 1 aromatic carbocycles. The summed E-state index contributed by atoms with van der Waals surface area (Å²) in [6, 6.07) is 8.37. The van der Waals surface area contributed by atoms with Crippen LogP contribution in [0.2, 0.25) is 0 Å². The van der Waals surface area contributed by atoms with Gasteiger partial charge in [0.25, 0.3) is 0 Å². The third kappa shape index (κ3) is 3.45. The van der Waals surface area contributed by atoms with Crippen LogP contribution in [0.1, 0.15) is 42.3 Å². The zero-order valence-electron chi connectivity index (χ0n) is 15.3. The summed E-state index contributed by atoms with van der Waals surface area (Å²) in [4.78, 5) is 26.3. The van der Waals surface area contributed by atoms with E-state index in [2.05, 4.69) is 10.5 Å². The molecule has 0 bridgehead atoms. The van der Waals surface area contributed by atoms with Crippen LogP contribution in [0.5, 0.6) is 0 Å². The van der Waals surface area contributed by atoms with Gasteiger partial charge in [-0.2, -0.15) is 0 Å². The summed E-state index contributed by atoms with van der Waals surface area (Å²) in [6.07, 6.45) is 2.85. The lowest BCUT2D eigenvalue weighted by molar-refractivity contribution is 0.159. The smallest absolute Gasteiger partial charge is 0.336 e. The van der Waals surface area contributed by atoms with E-state index in [-0.39, 0.29) is 12.1 Å². The molecule has 0 aliphatic carbocycles. The molecule has 0 radical (unpaired) electrons. The van der Waals surface area contributed by atoms with E-state index in [0.717, 1.165) is 41.7 Å². The molecule has 0 unspecified atom stereocenters. The van der Waals surface area contributed by atoms with E-state index >= 15 is 0 Å². The van der Waals surface area contributed by atoms with E-state index in [1.54, 1.807) is 11.0 Å². The molecule has 140 valence electrons. The van der Waals surface area contributed by atoms with Crippen LogP contribution >= 0.6 is 0 Å². The lowest BCUT2D eigenvalue weighted by Gasteiger charge is -2.34. The number of aryl methyl sites for hydroxylation is 2. The second-order valence-corrected chi connectivity index (χ2v) is 6.96. The normalized spacial score (nSPS) is 17.3. The monoisotopic (exact) mass is 367 g/mol. The van der Waals surface area contributed by atoms with Gasteiger partial charge in [-0.15, -0.1) is 0 Å². The molecule has 27 heavy (non-hydrogen) atoms. The minimum atomic E-state index is -0.402. The SMILES string of the molecule is Cc1cc([C@H]2CCCCN2C(=O)Nc2ccc3c(C)cc(=O)oc3c2)no1. The second-order valence-electron chi connectivity index (χ2n) is 6.96. The molecule has 7 heteroatoms. The first-order valence-corrected chi connectivity index (χ1v) is 9.06. The number of rotatable bonds is 2. The van der Waals surface area contributed by atoms with Crippen molar-refractivity contribution in [3.63, 3.8) is 0 Å². The van der Waals surface area contributed by atoms with Crippen molar-refractivity contribution in [3.8, 4) is 0 Å². The number of hydrogen-bond donors (Lipinski definition) is 1. The van der Waals surface area contributed by atoms with Crippen LogP contribution in [0.4, 0.5) is 10.5 Å². The predicted octanol–water partition coefficient (Wildman–Crippen LogP) is 4.16. The minimum Gasteiger partial charge on any atom is -0.423 e. The van der Waals surface area contributed by atoms with E-state index in [4.69, 9.17) is 8.94 Å². The first kappa shape index (κ1) is 17.3. The van der Waals surface area contributed by atoms with Gasteiger partial charge in [0.1, 0.15) is 17.0 Å². The maximum absolute atomic E-state index is 12.9. The van der Waals surface area contributed by atoms with E-state index in [1.807, 2.05) is 32.0 Å². The highest BCUT2D eigenvalue weighted by atomic mass is 16.5. The summed E-state index contributed by atoms with van der Waals surface area (Å²) in [5, 5.41) is 7.86. The van der Waals surface area contributed by atoms with Crippen LogP contribution in [0.3, 0.4) is 0 Å². The van der Waals surface area contributed by atoms with Gasteiger partial charge in [0.15, 0.2) is 0 Å². The van der Waals surface area contributed by atoms with Gasteiger partial charge in [0, 0.05) is 35.8 Å². The number of fused-ring (bicyclic) bond motifs is 1. The first-order chi connectivity index (χ1) is 13.0. The van der Waals surface area contributed by atoms with Crippen molar-refractivity contribution in [1.29, 1.82) is 0 Å². The average molecular weight is 367 g/mol. The number of nitrogens with zero attached hydrogens (tertiary/aromatic N) is 2. The molecule has 0 saturated carbocycles. The molecule has 0 spiro atoms. The van der Waals surface area contributed by atoms with Gasteiger partial charge in [-0.1, -0.05) is 5.16 Å². The van der Waals surface area contributed by atoms with Crippen molar-refractivity contribution in [2.24, 2.45) is 0 Å². The lowest BCUT2D eigenvalue weighted by atomic mass is 9.99. The van der Waals surface area contributed by atoms with Crippen LogP contribution < -0.4 is 10.9 Å². The third-order valence-corrected chi connectivity index (χ3v) is 4.95. The Morgan fingerprint density at radius 2 is 2.07 bits per heavy atom. The summed E-state index contributed by atoms with van der Waals surface area (Å²) in [6.45, 7) is 4.36. The number of carbonyl (C=O) groups excluding carboxylic acids is 1. The van der Waals surface area contributed by atoms with Gasteiger partial charge in [-0.25, -0.2) is 9.59 Å². The van der Waals surface area contributed by atoms with Crippen LogP contribution in [-0.4, -0.2) is 22.6 Å².